The smallest absolute Gasteiger partial charge is 0.242 e. The summed E-state index contributed by atoms with van der Waals surface area (Å²) < 4.78 is 24.5. The van der Waals surface area contributed by atoms with E-state index in [1.807, 2.05) is 19.9 Å². The van der Waals surface area contributed by atoms with Crippen LogP contribution in [0.3, 0.4) is 0 Å². The molecule has 0 fully saturated rings. The molecule has 0 N–H and O–H groups in total. The number of hydrogen-bond donors (Lipinski definition) is 0. The number of benzene rings is 1. The lowest BCUT2D eigenvalue weighted by Crippen LogP contribution is -2.46. The molecule has 0 radical (unpaired) electrons. The normalized spacial score (nSPS) is 16.0. The first kappa shape index (κ1) is 18.5. The fraction of sp³-hybridized carbons (Fsp3) is 0.368. The Bertz CT molecular complexity index is 798. The number of pyridine rings is 1. The molecule has 138 valence electrons. The number of rotatable bonds is 5. The van der Waals surface area contributed by atoms with Gasteiger partial charge in [0.2, 0.25) is 17.7 Å². The molecule has 1 aromatic heterocycles. The fourth-order valence-corrected chi connectivity index (χ4v) is 3.08. The predicted octanol–water partition coefficient (Wildman–Crippen LogP) is 3.56. The van der Waals surface area contributed by atoms with Gasteiger partial charge in [0, 0.05) is 12.0 Å². The van der Waals surface area contributed by atoms with Crippen LogP contribution in [0.4, 0.5) is 10.1 Å². The molecule has 1 atom stereocenters. The lowest BCUT2D eigenvalue weighted by atomic mass is 10.0. The first-order chi connectivity index (χ1) is 12.5. The van der Waals surface area contributed by atoms with Crippen LogP contribution in [-0.4, -0.2) is 36.0 Å². The average Bonchev–Trinajstić information content (AvgIpc) is 2.64. The summed E-state index contributed by atoms with van der Waals surface area (Å²) in [4.78, 5) is 18.4. The van der Waals surface area contributed by atoms with E-state index >= 15 is 0 Å². The van der Waals surface area contributed by atoms with E-state index < -0.39 is 0 Å². The van der Waals surface area contributed by atoms with Crippen molar-refractivity contribution >= 4 is 23.2 Å². The lowest BCUT2D eigenvalue weighted by Gasteiger charge is -2.34. The summed E-state index contributed by atoms with van der Waals surface area (Å²) in [5.41, 5.74) is 2.28. The number of hydrogen-bond acceptors (Lipinski definition) is 4. The number of alkyl halides is 1. The summed E-state index contributed by atoms with van der Waals surface area (Å²) in [6.07, 6.45) is 0.493. The van der Waals surface area contributed by atoms with Gasteiger partial charge >= 0.3 is 0 Å². The molecule has 1 aliphatic rings. The van der Waals surface area contributed by atoms with Crippen LogP contribution in [0.25, 0.3) is 0 Å². The quantitative estimate of drug-likeness (QED) is 0.746. The zero-order valence-electron chi connectivity index (χ0n) is 14.7. The zero-order valence-corrected chi connectivity index (χ0v) is 15.4. The van der Waals surface area contributed by atoms with Crippen LogP contribution in [0.5, 0.6) is 11.8 Å². The summed E-state index contributed by atoms with van der Waals surface area (Å²) in [6, 6.07) is 7.95. The van der Waals surface area contributed by atoms with Gasteiger partial charge in [0.25, 0.3) is 0 Å². The molecular formula is C19H20ClFN2O3. The van der Waals surface area contributed by atoms with Crippen molar-refractivity contribution < 1.29 is 18.7 Å². The van der Waals surface area contributed by atoms with Gasteiger partial charge in [-0.05, 0) is 37.6 Å². The highest BCUT2D eigenvalue weighted by Crippen LogP contribution is 2.37. The van der Waals surface area contributed by atoms with Crippen molar-refractivity contribution in [2.24, 2.45) is 0 Å². The first-order valence-electron chi connectivity index (χ1n) is 8.45. The van der Waals surface area contributed by atoms with Crippen molar-refractivity contribution in [2.75, 3.05) is 24.0 Å². The molecule has 0 aliphatic carbocycles. The van der Waals surface area contributed by atoms with E-state index in [1.165, 1.54) is 12.1 Å². The van der Waals surface area contributed by atoms with Crippen molar-refractivity contribution in [1.82, 2.24) is 4.98 Å². The topological polar surface area (TPSA) is 51.7 Å². The minimum absolute atomic E-state index is 0.121. The van der Waals surface area contributed by atoms with Crippen LogP contribution in [0.2, 0.25) is 0 Å². The predicted molar refractivity (Wildman–Crippen MR) is 97.8 cm³/mol. The molecule has 0 bridgehead atoms. The van der Waals surface area contributed by atoms with Gasteiger partial charge in [-0.2, -0.15) is 4.98 Å². The summed E-state index contributed by atoms with van der Waals surface area (Å²) in [6.45, 7) is 4.55. The highest BCUT2D eigenvalue weighted by atomic mass is 35.5. The largest absolute Gasteiger partial charge is 0.478 e. The molecule has 2 heterocycles. The van der Waals surface area contributed by atoms with E-state index in [0.717, 1.165) is 11.1 Å². The zero-order chi connectivity index (χ0) is 18.7. The molecule has 3 rings (SSSR count). The molecule has 0 saturated heterocycles. The molecule has 1 aromatic carbocycles. The maximum Gasteiger partial charge on any atom is 0.242 e. The number of anilines is 1. The Morgan fingerprint density at radius 2 is 2.15 bits per heavy atom. The Morgan fingerprint density at radius 3 is 2.81 bits per heavy atom. The molecule has 1 aliphatic heterocycles. The molecule has 0 spiro atoms. The number of amides is 1. The third kappa shape index (κ3) is 3.75. The Morgan fingerprint density at radius 1 is 1.42 bits per heavy atom. The fourth-order valence-electron chi connectivity index (χ4n) is 2.96. The Kier molecular flexibility index (Phi) is 5.61. The van der Waals surface area contributed by atoms with Crippen molar-refractivity contribution in [3.63, 3.8) is 0 Å². The monoisotopic (exact) mass is 378 g/mol. The molecule has 0 saturated carbocycles. The number of nitrogens with zero attached hydrogens (tertiary/aromatic N) is 2. The number of carbonyl (C=O) groups is 1. The SMILES string of the molecule is CCOc1nc2c(cc1Cc1ccc(F)cc1)N(C(=O)CCl)C(C)CO2. The third-order valence-electron chi connectivity index (χ3n) is 4.14. The van der Waals surface area contributed by atoms with Gasteiger partial charge in [-0.15, -0.1) is 11.6 Å². The van der Waals surface area contributed by atoms with Gasteiger partial charge in [-0.3, -0.25) is 4.79 Å². The molecule has 7 heteroatoms. The number of carbonyl (C=O) groups excluding carboxylic acids is 1. The molecular weight excluding hydrogens is 359 g/mol. The summed E-state index contributed by atoms with van der Waals surface area (Å²) in [5.74, 6) is 0.187. The van der Waals surface area contributed by atoms with E-state index in [0.29, 0.717) is 37.1 Å². The molecule has 5 nitrogen and oxygen atoms in total. The maximum absolute atomic E-state index is 13.2. The van der Waals surface area contributed by atoms with Gasteiger partial charge in [-0.1, -0.05) is 12.1 Å². The van der Waals surface area contributed by atoms with Crippen LogP contribution in [0.15, 0.2) is 30.3 Å². The number of aromatic nitrogens is 1. The van der Waals surface area contributed by atoms with E-state index in [-0.39, 0.29) is 23.6 Å². The highest BCUT2D eigenvalue weighted by Gasteiger charge is 2.31. The lowest BCUT2D eigenvalue weighted by molar-refractivity contribution is -0.117. The van der Waals surface area contributed by atoms with Crippen LogP contribution in [0, 0.1) is 5.82 Å². The van der Waals surface area contributed by atoms with E-state index in [9.17, 15) is 9.18 Å². The van der Waals surface area contributed by atoms with Crippen molar-refractivity contribution in [1.29, 1.82) is 0 Å². The molecule has 1 amide bonds. The van der Waals surface area contributed by atoms with Gasteiger partial charge in [0.15, 0.2) is 0 Å². The number of fused-ring (bicyclic) bond motifs is 1. The van der Waals surface area contributed by atoms with Gasteiger partial charge < -0.3 is 14.4 Å². The molecule has 2 aromatic rings. The van der Waals surface area contributed by atoms with E-state index in [2.05, 4.69) is 4.98 Å². The standard InChI is InChI=1S/C19H20ClFN2O3/c1-3-25-18-14(8-13-4-6-15(21)7-5-13)9-16-19(22-18)26-11-12(2)23(16)17(24)10-20/h4-7,9,12H,3,8,10-11H2,1-2H3. The van der Waals surface area contributed by atoms with Crippen molar-refractivity contribution in [2.45, 2.75) is 26.3 Å². The first-order valence-corrected chi connectivity index (χ1v) is 8.99. The Balaban J connectivity index is 2.03. The van der Waals surface area contributed by atoms with Crippen molar-refractivity contribution in [3.05, 3.63) is 47.3 Å². The van der Waals surface area contributed by atoms with Gasteiger partial charge in [0.05, 0.1) is 12.6 Å². The van der Waals surface area contributed by atoms with Crippen LogP contribution >= 0.6 is 11.6 Å². The number of ether oxygens (including phenoxy) is 2. The molecule has 26 heavy (non-hydrogen) atoms. The van der Waals surface area contributed by atoms with Crippen LogP contribution in [0.1, 0.15) is 25.0 Å². The van der Waals surface area contributed by atoms with Gasteiger partial charge in [-0.25, -0.2) is 4.39 Å². The average molecular weight is 379 g/mol. The summed E-state index contributed by atoms with van der Waals surface area (Å²) in [5, 5.41) is 0. The maximum atomic E-state index is 13.2. The highest BCUT2D eigenvalue weighted by molar-refractivity contribution is 6.29. The second-order valence-electron chi connectivity index (χ2n) is 6.07. The van der Waals surface area contributed by atoms with E-state index in [1.54, 1.807) is 17.0 Å². The summed E-state index contributed by atoms with van der Waals surface area (Å²) in [7, 11) is 0. The second-order valence-corrected chi connectivity index (χ2v) is 6.34. The third-order valence-corrected chi connectivity index (χ3v) is 4.37. The molecule has 1 unspecified atom stereocenters. The summed E-state index contributed by atoms with van der Waals surface area (Å²) >= 11 is 5.77. The van der Waals surface area contributed by atoms with Gasteiger partial charge in [0.1, 0.15) is 24.0 Å². The minimum Gasteiger partial charge on any atom is -0.478 e. The Labute approximate surface area is 156 Å². The second kappa shape index (κ2) is 7.91. The van der Waals surface area contributed by atoms with Crippen molar-refractivity contribution in [3.8, 4) is 11.8 Å². The van der Waals surface area contributed by atoms with Crippen LogP contribution < -0.4 is 14.4 Å². The Hall–Kier alpha value is -2.34. The number of halogens is 2. The minimum atomic E-state index is -0.288. The van der Waals surface area contributed by atoms with Crippen LogP contribution in [-0.2, 0) is 11.2 Å². The van der Waals surface area contributed by atoms with E-state index in [4.69, 9.17) is 21.1 Å².